The Morgan fingerprint density at radius 3 is 2.23 bits per heavy atom. The highest BCUT2D eigenvalue weighted by molar-refractivity contribution is 5.90. The summed E-state index contributed by atoms with van der Waals surface area (Å²) in [6.07, 6.45) is 12.9. The van der Waals surface area contributed by atoms with Gasteiger partial charge in [-0.15, -0.1) is 0 Å². The first-order valence-electron chi connectivity index (χ1n) is 20.7. The number of nitrogens with one attached hydrogen (secondary N) is 1. The number of benzene rings is 1. The molecule has 0 radical (unpaired) electrons. The van der Waals surface area contributed by atoms with Gasteiger partial charge < -0.3 is 19.7 Å². The number of rotatable bonds is 11. The maximum Gasteiger partial charge on any atom is 0.337 e. The lowest BCUT2D eigenvalue weighted by Gasteiger charge is -2.72. The van der Waals surface area contributed by atoms with E-state index < -0.39 is 0 Å². The van der Waals surface area contributed by atoms with E-state index in [9.17, 15) is 14.4 Å². The molecule has 5 aliphatic carbocycles. The molecular formula is C46H68N2O5. The van der Waals surface area contributed by atoms with Crippen molar-refractivity contribution in [1.82, 2.24) is 10.2 Å². The molecule has 1 aromatic rings. The fraction of sp³-hybridized carbons (Fsp3) is 0.717. The molecular weight excluding hydrogens is 661 g/mol. The minimum absolute atomic E-state index is 0.00182. The summed E-state index contributed by atoms with van der Waals surface area (Å²) in [5.74, 6) is 2.15. The van der Waals surface area contributed by atoms with Crippen LogP contribution in [0, 0.1) is 56.7 Å². The molecule has 0 saturated heterocycles. The van der Waals surface area contributed by atoms with Gasteiger partial charge in [0.15, 0.2) is 0 Å². The van der Waals surface area contributed by atoms with Crippen molar-refractivity contribution in [3.63, 3.8) is 0 Å². The zero-order valence-corrected chi connectivity index (χ0v) is 34.4. The predicted octanol–water partition coefficient (Wildman–Crippen LogP) is 9.13. The van der Waals surface area contributed by atoms with E-state index in [2.05, 4.69) is 83.5 Å². The van der Waals surface area contributed by atoms with Crippen LogP contribution in [0.4, 0.5) is 0 Å². The van der Waals surface area contributed by atoms with Crippen molar-refractivity contribution in [3.8, 4) is 0 Å². The number of fused-ring (bicyclic) bond motifs is 7. The third-order valence-electron chi connectivity index (χ3n) is 16.7. The Labute approximate surface area is 320 Å². The monoisotopic (exact) mass is 729 g/mol. The summed E-state index contributed by atoms with van der Waals surface area (Å²) < 4.78 is 9.81. The number of methoxy groups -OCH3 is 2. The first kappa shape index (κ1) is 39.8. The standard InChI is InChI=1S/C46H68N2O5/c1-11-48(28-21-38(49)52-9)29-27-47-41(51)46-24-18-33(30(2)3)39(46)35-16-17-37-43(6)22-19-34(31-12-14-32(15-13-31)40(50)53-10)42(4,5)36(43)20-23-45(37,8)44(35,7)25-26-46/h12-15,19,33,35-37,39H,2,11,16-18,20-29H2,1,3-10H3,(H,47,51)/t33-,35+,36-,37+,39+,43?,44+,45+,46-/m0/s1. The van der Waals surface area contributed by atoms with Crippen LogP contribution in [0.25, 0.3) is 5.57 Å². The Morgan fingerprint density at radius 1 is 0.868 bits per heavy atom. The Kier molecular flexibility index (Phi) is 11.0. The average molecular weight is 729 g/mol. The average Bonchev–Trinajstić information content (AvgIpc) is 3.54. The highest BCUT2D eigenvalue weighted by Crippen LogP contribution is 2.77. The summed E-state index contributed by atoms with van der Waals surface area (Å²) in [5.41, 5.74) is 4.67. The smallest absolute Gasteiger partial charge is 0.337 e. The van der Waals surface area contributed by atoms with Gasteiger partial charge in [-0.05, 0) is 146 Å². The molecule has 53 heavy (non-hydrogen) atoms. The van der Waals surface area contributed by atoms with Crippen molar-refractivity contribution in [2.24, 2.45) is 56.7 Å². The molecule has 0 aromatic heterocycles. The lowest BCUT2D eigenvalue weighted by molar-refractivity contribution is -0.225. The topological polar surface area (TPSA) is 84.9 Å². The van der Waals surface area contributed by atoms with E-state index in [0.717, 1.165) is 45.2 Å². The minimum Gasteiger partial charge on any atom is -0.469 e. The first-order valence-corrected chi connectivity index (χ1v) is 20.7. The van der Waals surface area contributed by atoms with E-state index in [1.54, 1.807) is 0 Å². The number of likely N-dealkylation sites (N-methyl/N-ethyl adjacent to an activating group) is 1. The van der Waals surface area contributed by atoms with E-state index in [-0.39, 0.29) is 44.9 Å². The van der Waals surface area contributed by atoms with Gasteiger partial charge >= 0.3 is 11.9 Å². The van der Waals surface area contributed by atoms with Gasteiger partial charge in [-0.25, -0.2) is 4.79 Å². The Balaban J connectivity index is 1.24. The minimum atomic E-state index is -0.338. The molecule has 1 aromatic carbocycles. The second-order valence-corrected chi connectivity index (χ2v) is 19.0. The molecule has 9 atom stereocenters. The highest BCUT2D eigenvalue weighted by atomic mass is 16.5. The molecule has 7 heteroatoms. The Bertz CT molecular complexity index is 1610. The van der Waals surface area contributed by atoms with Crippen molar-refractivity contribution in [2.45, 2.75) is 113 Å². The summed E-state index contributed by atoms with van der Waals surface area (Å²) >= 11 is 0. The van der Waals surface area contributed by atoms with E-state index in [4.69, 9.17) is 9.47 Å². The second kappa shape index (κ2) is 14.6. The number of carbonyl (C=O) groups is 3. The van der Waals surface area contributed by atoms with Gasteiger partial charge in [-0.1, -0.05) is 71.9 Å². The summed E-state index contributed by atoms with van der Waals surface area (Å²) in [5, 5.41) is 3.44. The van der Waals surface area contributed by atoms with Crippen LogP contribution in [0.2, 0.25) is 0 Å². The van der Waals surface area contributed by atoms with E-state index in [0.29, 0.717) is 54.7 Å². The molecule has 6 rings (SSSR count). The summed E-state index contributed by atoms with van der Waals surface area (Å²) in [7, 11) is 2.87. The fourth-order valence-electron chi connectivity index (χ4n) is 13.8. The fourth-order valence-corrected chi connectivity index (χ4v) is 13.8. The van der Waals surface area contributed by atoms with Gasteiger partial charge in [-0.2, -0.15) is 0 Å². The van der Waals surface area contributed by atoms with Crippen LogP contribution < -0.4 is 5.32 Å². The van der Waals surface area contributed by atoms with Crippen LogP contribution in [0.15, 0.2) is 42.5 Å². The highest BCUT2D eigenvalue weighted by Gasteiger charge is 2.71. The van der Waals surface area contributed by atoms with Crippen LogP contribution in [-0.2, 0) is 19.1 Å². The molecule has 4 saturated carbocycles. The zero-order chi connectivity index (χ0) is 38.6. The van der Waals surface area contributed by atoms with Gasteiger partial charge in [0.2, 0.25) is 5.91 Å². The number of hydrogen-bond donors (Lipinski definition) is 1. The number of esters is 2. The quantitative estimate of drug-likeness (QED) is 0.181. The van der Waals surface area contributed by atoms with Crippen LogP contribution in [0.3, 0.4) is 0 Å². The summed E-state index contributed by atoms with van der Waals surface area (Å²) in [6, 6.07) is 8.03. The normalized spacial score (nSPS) is 36.9. The molecule has 0 spiro atoms. The zero-order valence-electron chi connectivity index (χ0n) is 34.4. The molecule has 0 heterocycles. The molecule has 1 unspecified atom stereocenters. The number of amides is 1. The summed E-state index contributed by atoms with van der Waals surface area (Å²) in [4.78, 5) is 40.7. The number of carbonyl (C=O) groups excluding carboxylic acids is 3. The van der Waals surface area contributed by atoms with Gasteiger partial charge in [-0.3, -0.25) is 9.59 Å². The number of hydrogen-bond acceptors (Lipinski definition) is 6. The largest absolute Gasteiger partial charge is 0.469 e. The van der Waals surface area contributed by atoms with Crippen molar-refractivity contribution in [2.75, 3.05) is 40.4 Å². The van der Waals surface area contributed by atoms with Gasteiger partial charge in [0, 0.05) is 19.6 Å². The van der Waals surface area contributed by atoms with Crippen LogP contribution in [0.5, 0.6) is 0 Å². The number of nitrogens with zero attached hydrogens (tertiary/aromatic N) is 1. The molecule has 0 bridgehead atoms. The molecule has 4 fully saturated rings. The van der Waals surface area contributed by atoms with Gasteiger partial charge in [0.25, 0.3) is 0 Å². The third-order valence-corrected chi connectivity index (χ3v) is 16.7. The maximum atomic E-state index is 14.6. The third kappa shape index (κ3) is 6.33. The molecule has 0 aliphatic heterocycles. The van der Waals surface area contributed by atoms with E-state index in [1.807, 2.05) is 12.1 Å². The predicted molar refractivity (Wildman–Crippen MR) is 212 cm³/mol. The van der Waals surface area contributed by atoms with Gasteiger partial charge in [0.1, 0.15) is 0 Å². The SMILES string of the molecule is C=C(C)[C@@H]1CC[C@]2(C(=O)NCCN(CC)CCC(=O)OC)CC[C@]3(C)[C@H](CC[C@@H]4C5(C)CC=C(c6ccc(C(=O)OC)cc6)C(C)(C)[C@@H]5CC[C@]43C)[C@@H]12. The second-order valence-electron chi connectivity index (χ2n) is 19.0. The van der Waals surface area contributed by atoms with Crippen LogP contribution in [-0.4, -0.2) is 63.1 Å². The number of allylic oxidation sites excluding steroid dienone is 3. The molecule has 1 amide bonds. The van der Waals surface area contributed by atoms with Crippen molar-refractivity contribution in [1.29, 1.82) is 0 Å². The van der Waals surface area contributed by atoms with E-state index >= 15 is 0 Å². The lowest BCUT2D eigenvalue weighted by atomic mass is 9.32. The summed E-state index contributed by atoms with van der Waals surface area (Å²) in [6.45, 7) is 24.5. The van der Waals surface area contributed by atoms with E-state index in [1.165, 1.54) is 56.6 Å². The first-order chi connectivity index (χ1) is 25.0. The van der Waals surface area contributed by atoms with Crippen LogP contribution >= 0.6 is 0 Å². The van der Waals surface area contributed by atoms with Crippen molar-refractivity contribution >= 4 is 23.4 Å². The Hall–Kier alpha value is -2.93. The van der Waals surface area contributed by atoms with Crippen molar-refractivity contribution < 1.29 is 23.9 Å². The number of ether oxygens (including phenoxy) is 2. The Morgan fingerprint density at radius 2 is 1.58 bits per heavy atom. The molecule has 292 valence electrons. The van der Waals surface area contributed by atoms with Crippen LogP contribution in [0.1, 0.15) is 129 Å². The molecule has 1 N–H and O–H groups in total. The van der Waals surface area contributed by atoms with Crippen molar-refractivity contribution in [3.05, 3.63) is 53.6 Å². The maximum absolute atomic E-state index is 14.6. The lowest BCUT2D eigenvalue weighted by Crippen LogP contribution is -2.66. The molecule has 7 nitrogen and oxygen atoms in total. The molecule has 5 aliphatic rings. The van der Waals surface area contributed by atoms with Gasteiger partial charge in [0.05, 0.1) is 31.6 Å².